The summed E-state index contributed by atoms with van der Waals surface area (Å²) in [6.45, 7) is 3.13. The molecule has 5 nitrogen and oxygen atoms in total. The monoisotopic (exact) mass is 283 g/mol. The van der Waals surface area contributed by atoms with Gasteiger partial charge in [-0.3, -0.25) is 4.90 Å². The van der Waals surface area contributed by atoms with E-state index in [2.05, 4.69) is 34.2 Å². The lowest BCUT2D eigenvalue weighted by Crippen LogP contribution is -2.54. The zero-order valence-electron chi connectivity index (χ0n) is 11.7. The van der Waals surface area contributed by atoms with Crippen LogP contribution in [0.15, 0.2) is 12.3 Å². The van der Waals surface area contributed by atoms with Gasteiger partial charge in [-0.05, 0) is 27.2 Å². The van der Waals surface area contributed by atoms with Crippen molar-refractivity contribution >= 4 is 17.4 Å². The van der Waals surface area contributed by atoms with Crippen molar-refractivity contribution in [2.75, 3.05) is 46.5 Å². The fraction of sp³-hybridized carbons (Fsp3) is 0.615. The lowest BCUT2D eigenvalue weighted by atomic mass is 9.97. The summed E-state index contributed by atoms with van der Waals surface area (Å²) in [5, 5.41) is 3.98. The Bertz CT molecular complexity index is 439. The van der Waals surface area contributed by atoms with Gasteiger partial charge in [0.1, 0.15) is 5.82 Å². The molecule has 1 aliphatic heterocycles. The van der Waals surface area contributed by atoms with Gasteiger partial charge < -0.3 is 16.0 Å². The predicted molar refractivity (Wildman–Crippen MR) is 79.4 cm³/mol. The van der Waals surface area contributed by atoms with Crippen LogP contribution in [0, 0.1) is 0 Å². The Hall–Kier alpha value is -0.880. The summed E-state index contributed by atoms with van der Waals surface area (Å²) in [5.41, 5.74) is 6.99. The number of nitrogen functional groups attached to an aromatic ring is 1. The molecular weight excluding hydrogens is 262 g/mol. The smallest absolute Gasteiger partial charge is 0.128 e. The number of piperazine rings is 1. The summed E-state index contributed by atoms with van der Waals surface area (Å²) in [6.07, 6.45) is 1.59. The molecule has 3 N–H and O–H groups in total. The van der Waals surface area contributed by atoms with Crippen LogP contribution in [-0.2, 0) is 0 Å². The van der Waals surface area contributed by atoms with Crippen molar-refractivity contribution in [3.8, 4) is 0 Å². The van der Waals surface area contributed by atoms with Gasteiger partial charge in [-0.1, -0.05) is 11.6 Å². The van der Waals surface area contributed by atoms with Crippen molar-refractivity contribution < 1.29 is 0 Å². The first-order chi connectivity index (χ1) is 9.02. The maximum absolute atomic E-state index is 6.05. The van der Waals surface area contributed by atoms with E-state index in [1.807, 2.05) is 13.1 Å². The van der Waals surface area contributed by atoms with E-state index in [-0.39, 0.29) is 6.04 Å². The lowest BCUT2D eigenvalue weighted by molar-refractivity contribution is 0.0898. The maximum Gasteiger partial charge on any atom is 0.128 e. The van der Waals surface area contributed by atoms with Crippen molar-refractivity contribution in [3.05, 3.63) is 22.8 Å². The van der Waals surface area contributed by atoms with E-state index in [4.69, 9.17) is 17.3 Å². The minimum atomic E-state index is 0.124. The minimum absolute atomic E-state index is 0.124. The van der Waals surface area contributed by atoms with Crippen molar-refractivity contribution in [2.45, 2.75) is 12.1 Å². The third-order valence-corrected chi connectivity index (χ3v) is 4.05. The lowest BCUT2D eigenvalue weighted by Gasteiger charge is -2.42. The highest BCUT2D eigenvalue weighted by atomic mass is 35.5. The molecule has 1 aromatic rings. The van der Waals surface area contributed by atoms with Crippen LogP contribution in [0.1, 0.15) is 11.6 Å². The van der Waals surface area contributed by atoms with Gasteiger partial charge in [-0.15, -0.1) is 0 Å². The van der Waals surface area contributed by atoms with E-state index in [0.717, 1.165) is 25.2 Å². The van der Waals surface area contributed by atoms with Gasteiger partial charge in [0.2, 0.25) is 0 Å². The standard InChI is InChI=1S/C13H22ClN5/c1-16-12(10-6-9(14)7-17-13(10)15)11-8-18(2)4-5-19(11)3/h6-7,11-12,16H,4-5,8H2,1-3H3,(H2,15,17). The number of hydrogen-bond acceptors (Lipinski definition) is 5. The minimum Gasteiger partial charge on any atom is -0.383 e. The highest BCUT2D eigenvalue weighted by Gasteiger charge is 2.31. The first-order valence-corrected chi connectivity index (χ1v) is 6.87. The van der Waals surface area contributed by atoms with E-state index in [1.54, 1.807) is 6.20 Å². The Kier molecular flexibility index (Phi) is 4.62. The number of aromatic nitrogens is 1. The molecule has 2 rings (SSSR count). The third kappa shape index (κ3) is 3.17. The Labute approximate surface area is 119 Å². The van der Waals surface area contributed by atoms with E-state index in [0.29, 0.717) is 16.9 Å². The van der Waals surface area contributed by atoms with Crippen molar-refractivity contribution in [2.24, 2.45) is 0 Å². The molecule has 1 fully saturated rings. The van der Waals surface area contributed by atoms with Gasteiger partial charge in [-0.25, -0.2) is 4.98 Å². The number of nitrogens with two attached hydrogens (primary N) is 1. The Morgan fingerprint density at radius 3 is 2.89 bits per heavy atom. The largest absolute Gasteiger partial charge is 0.383 e. The third-order valence-electron chi connectivity index (χ3n) is 3.85. The van der Waals surface area contributed by atoms with Crippen molar-refractivity contribution in [1.29, 1.82) is 0 Å². The van der Waals surface area contributed by atoms with Gasteiger partial charge in [0.15, 0.2) is 0 Å². The number of rotatable bonds is 3. The summed E-state index contributed by atoms with van der Waals surface area (Å²) in [6, 6.07) is 2.39. The van der Waals surface area contributed by atoms with E-state index in [1.165, 1.54) is 0 Å². The second-order valence-electron chi connectivity index (χ2n) is 5.20. The summed E-state index contributed by atoms with van der Waals surface area (Å²) in [4.78, 5) is 8.86. The highest BCUT2D eigenvalue weighted by molar-refractivity contribution is 6.30. The average Bonchev–Trinajstić information content (AvgIpc) is 2.38. The molecule has 6 heteroatoms. The number of hydrogen-bond donors (Lipinski definition) is 2. The van der Waals surface area contributed by atoms with Crippen molar-refractivity contribution in [1.82, 2.24) is 20.1 Å². The molecule has 1 aromatic heterocycles. The molecule has 0 spiro atoms. The first kappa shape index (κ1) is 14.5. The van der Waals surface area contributed by atoms with Gasteiger partial charge in [-0.2, -0.15) is 0 Å². The summed E-state index contributed by atoms with van der Waals surface area (Å²) >= 11 is 6.05. The zero-order valence-corrected chi connectivity index (χ0v) is 12.5. The molecule has 1 saturated heterocycles. The normalized spacial score (nSPS) is 23.5. The molecule has 19 heavy (non-hydrogen) atoms. The van der Waals surface area contributed by atoms with Gasteiger partial charge in [0, 0.05) is 37.4 Å². The summed E-state index contributed by atoms with van der Waals surface area (Å²) in [5.74, 6) is 0.547. The van der Waals surface area contributed by atoms with Crippen LogP contribution in [0.2, 0.25) is 5.02 Å². The Balaban J connectivity index is 2.30. The van der Waals surface area contributed by atoms with Crippen molar-refractivity contribution in [3.63, 3.8) is 0 Å². The predicted octanol–water partition coefficient (Wildman–Crippen LogP) is 0.823. The van der Waals surface area contributed by atoms with E-state index >= 15 is 0 Å². The maximum atomic E-state index is 6.05. The van der Waals surface area contributed by atoms with E-state index in [9.17, 15) is 0 Å². The molecular formula is C13H22ClN5. The average molecular weight is 284 g/mol. The van der Waals surface area contributed by atoms with Crippen LogP contribution in [0.3, 0.4) is 0 Å². The van der Waals surface area contributed by atoms with E-state index < -0.39 is 0 Å². The molecule has 0 amide bonds. The molecule has 0 radical (unpaired) electrons. The fourth-order valence-corrected chi connectivity index (χ4v) is 2.84. The Morgan fingerprint density at radius 2 is 2.21 bits per heavy atom. The molecule has 0 aliphatic carbocycles. The highest BCUT2D eigenvalue weighted by Crippen LogP contribution is 2.28. The molecule has 0 saturated carbocycles. The van der Waals surface area contributed by atoms with Crippen LogP contribution in [0.25, 0.3) is 0 Å². The zero-order chi connectivity index (χ0) is 14.0. The van der Waals surface area contributed by atoms with Crippen LogP contribution in [0.5, 0.6) is 0 Å². The number of pyridine rings is 1. The fourth-order valence-electron chi connectivity index (χ4n) is 2.67. The number of nitrogens with zero attached hydrogens (tertiary/aromatic N) is 3. The van der Waals surface area contributed by atoms with Crippen LogP contribution in [0.4, 0.5) is 5.82 Å². The second-order valence-corrected chi connectivity index (χ2v) is 5.64. The molecule has 2 heterocycles. The van der Waals surface area contributed by atoms with Gasteiger partial charge >= 0.3 is 0 Å². The first-order valence-electron chi connectivity index (χ1n) is 6.50. The molecule has 2 atom stereocenters. The quantitative estimate of drug-likeness (QED) is 0.860. The summed E-state index contributed by atoms with van der Waals surface area (Å²) < 4.78 is 0. The molecule has 0 bridgehead atoms. The van der Waals surface area contributed by atoms with Crippen LogP contribution in [-0.4, -0.2) is 61.6 Å². The Morgan fingerprint density at radius 1 is 1.47 bits per heavy atom. The number of nitrogens with one attached hydrogen (secondary N) is 1. The summed E-state index contributed by atoms with van der Waals surface area (Å²) in [7, 11) is 6.25. The molecule has 0 aromatic carbocycles. The second kappa shape index (κ2) is 6.05. The topological polar surface area (TPSA) is 57.4 Å². The van der Waals surface area contributed by atoms with Crippen LogP contribution >= 0.6 is 11.6 Å². The van der Waals surface area contributed by atoms with Crippen LogP contribution < -0.4 is 11.1 Å². The number of anilines is 1. The van der Waals surface area contributed by atoms with Gasteiger partial charge in [0.25, 0.3) is 0 Å². The SMILES string of the molecule is CNC(c1cc(Cl)cnc1N)C1CN(C)CCN1C. The molecule has 2 unspecified atom stereocenters. The van der Waals surface area contributed by atoms with Gasteiger partial charge in [0.05, 0.1) is 11.1 Å². The molecule has 106 valence electrons. The number of halogens is 1. The molecule has 1 aliphatic rings. The number of likely N-dealkylation sites (N-methyl/N-ethyl adjacent to an activating group) is 3.